The van der Waals surface area contributed by atoms with Crippen LogP contribution in [0.15, 0.2) is 52.1 Å². The molecule has 1 aromatic carbocycles. The van der Waals surface area contributed by atoms with Gasteiger partial charge in [0.15, 0.2) is 0 Å². The Labute approximate surface area is 139 Å². The fourth-order valence-electron chi connectivity index (χ4n) is 2.51. The summed E-state index contributed by atoms with van der Waals surface area (Å²) in [6, 6.07) is 6.27. The second-order valence-corrected chi connectivity index (χ2v) is 6.08. The molecule has 0 amide bonds. The van der Waals surface area contributed by atoms with Crippen molar-refractivity contribution in [2.75, 3.05) is 13.1 Å². The highest BCUT2D eigenvalue weighted by molar-refractivity contribution is 5.98. The number of nitrogens with one attached hydrogen (secondary N) is 1. The largest absolute Gasteiger partial charge is 0.390 e. The first kappa shape index (κ1) is 17.2. The van der Waals surface area contributed by atoms with Gasteiger partial charge in [0.25, 0.3) is 0 Å². The predicted octanol–water partition coefficient (Wildman–Crippen LogP) is 4.68. The van der Waals surface area contributed by atoms with Crippen molar-refractivity contribution in [2.24, 2.45) is 9.98 Å². The molecule has 0 fully saturated rings. The monoisotopic (exact) mass is 309 g/mol. The molecule has 0 saturated heterocycles. The summed E-state index contributed by atoms with van der Waals surface area (Å²) < 4.78 is 0. The van der Waals surface area contributed by atoms with Crippen LogP contribution in [0.4, 0.5) is 5.69 Å². The topological polar surface area (TPSA) is 36.8 Å². The van der Waals surface area contributed by atoms with Crippen LogP contribution in [-0.4, -0.2) is 25.5 Å². The number of allylic oxidation sites excluding steroid dienone is 2. The van der Waals surface area contributed by atoms with Gasteiger partial charge in [0, 0.05) is 37.3 Å². The van der Waals surface area contributed by atoms with E-state index in [1.807, 2.05) is 24.7 Å². The van der Waals surface area contributed by atoms with Crippen LogP contribution >= 0.6 is 0 Å². The van der Waals surface area contributed by atoms with Gasteiger partial charge in [-0.15, -0.1) is 0 Å². The van der Waals surface area contributed by atoms with Gasteiger partial charge < -0.3 is 5.32 Å². The maximum Gasteiger partial charge on any atom is 0.0659 e. The lowest BCUT2D eigenvalue weighted by molar-refractivity contribution is 0.632. The Morgan fingerprint density at radius 2 is 2.04 bits per heavy atom. The van der Waals surface area contributed by atoms with Crippen molar-refractivity contribution < 1.29 is 0 Å². The Morgan fingerprint density at radius 3 is 2.87 bits per heavy atom. The molecule has 0 atom stereocenters. The molecule has 0 bridgehead atoms. The van der Waals surface area contributed by atoms with Crippen LogP contribution in [0.25, 0.3) is 0 Å². The van der Waals surface area contributed by atoms with E-state index in [1.54, 1.807) is 0 Å². The normalized spacial score (nSPS) is 16.5. The number of aryl methyl sites for hydroxylation is 2. The number of benzene rings is 1. The average Bonchev–Trinajstić information content (AvgIpc) is 2.59. The first-order valence-electron chi connectivity index (χ1n) is 8.41. The Bertz CT molecular complexity index is 624. The molecule has 1 heterocycles. The Balaban J connectivity index is 2.09. The number of hydrogen-bond donors (Lipinski definition) is 1. The van der Waals surface area contributed by atoms with Gasteiger partial charge in [-0.25, -0.2) is 0 Å². The van der Waals surface area contributed by atoms with Crippen LogP contribution in [0, 0.1) is 13.8 Å². The summed E-state index contributed by atoms with van der Waals surface area (Å²) in [5, 5.41) is 3.36. The van der Waals surface area contributed by atoms with E-state index >= 15 is 0 Å². The lowest BCUT2D eigenvalue weighted by Crippen LogP contribution is -2.09. The summed E-state index contributed by atoms with van der Waals surface area (Å²) in [6.07, 6.45) is 10.6. The van der Waals surface area contributed by atoms with Crippen LogP contribution in [-0.2, 0) is 0 Å². The van der Waals surface area contributed by atoms with Crippen LogP contribution in [0.1, 0.15) is 36.8 Å². The third kappa shape index (κ3) is 5.85. The molecule has 0 saturated carbocycles. The van der Waals surface area contributed by atoms with Gasteiger partial charge in [0.1, 0.15) is 0 Å². The molecule has 0 unspecified atom stereocenters. The minimum atomic E-state index is 0.875. The fourth-order valence-corrected chi connectivity index (χ4v) is 2.51. The highest BCUT2D eigenvalue weighted by Crippen LogP contribution is 2.19. The minimum Gasteiger partial charge on any atom is -0.390 e. The summed E-state index contributed by atoms with van der Waals surface area (Å²) in [7, 11) is 0. The van der Waals surface area contributed by atoms with E-state index in [4.69, 9.17) is 0 Å². The van der Waals surface area contributed by atoms with E-state index in [9.17, 15) is 0 Å². The SMILES string of the molecule is C=C(C=Nc1ccc(C)cc1C)C1=CNCCCCCCN=C1. The molecule has 0 radical (unpaired) electrons. The molecule has 1 aromatic rings. The van der Waals surface area contributed by atoms with Crippen molar-refractivity contribution in [2.45, 2.75) is 39.5 Å². The molecule has 2 rings (SSSR count). The highest BCUT2D eigenvalue weighted by Gasteiger charge is 2.01. The summed E-state index contributed by atoms with van der Waals surface area (Å²) in [5.74, 6) is 0. The molecule has 0 aromatic heterocycles. The zero-order valence-electron chi connectivity index (χ0n) is 14.3. The highest BCUT2D eigenvalue weighted by atomic mass is 14.8. The summed E-state index contributed by atoms with van der Waals surface area (Å²) in [4.78, 5) is 9.09. The molecule has 122 valence electrons. The van der Waals surface area contributed by atoms with Crippen LogP contribution in [0.2, 0.25) is 0 Å². The van der Waals surface area contributed by atoms with Crippen LogP contribution in [0.5, 0.6) is 0 Å². The number of aliphatic imine (C=N–C) groups is 2. The van der Waals surface area contributed by atoms with Crippen molar-refractivity contribution in [1.29, 1.82) is 0 Å². The van der Waals surface area contributed by atoms with Crippen molar-refractivity contribution in [3.63, 3.8) is 0 Å². The number of rotatable bonds is 3. The van der Waals surface area contributed by atoms with Gasteiger partial charge in [-0.2, -0.15) is 0 Å². The van der Waals surface area contributed by atoms with Gasteiger partial charge in [0.05, 0.1) is 5.69 Å². The standard InChI is InChI=1S/C20H27N3/c1-16-8-9-20(17(2)12-16)23-13-18(3)19-14-21-10-6-4-5-7-11-22-15-19/h8-9,12-15,21H,3-7,10-11H2,1-2H3. The van der Waals surface area contributed by atoms with Crippen molar-refractivity contribution in [3.05, 3.63) is 53.3 Å². The Morgan fingerprint density at radius 1 is 1.22 bits per heavy atom. The van der Waals surface area contributed by atoms with Crippen molar-refractivity contribution in [1.82, 2.24) is 5.32 Å². The number of hydrogen-bond acceptors (Lipinski definition) is 3. The lowest BCUT2D eigenvalue weighted by Gasteiger charge is -2.05. The molecule has 3 heteroatoms. The predicted molar refractivity (Wildman–Crippen MR) is 101 cm³/mol. The van der Waals surface area contributed by atoms with E-state index in [-0.39, 0.29) is 0 Å². The first-order chi connectivity index (χ1) is 11.2. The Kier molecular flexibility index (Phi) is 6.79. The zero-order chi connectivity index (χ0) is 16.5. The minimum absolute atomic E-state index is 0.875. The lowest BCUT2D eigenvalue weighted by atomic mass is 10.1. The summed E-state index contributed by atoms with van der Waals surface area (Å²) in [6.45, 7) is 10.2. The second-order valence-electron chi connectivity index (χ2n) is 6.08. The fraction of sp³-hybridized carbons (Fsp3) is 0.400. The van der Waals surface area contributed by atoms with E-state index in [2.05, 4.69) is 47.9 Å². The first-order valence-corrected chi connectivity index (χ1v) is 8.41. The van der Waals surface area contributed by atoms with Gasteiger partial charge in [-0.1, -0.05) is 37.1 Å². The summed E-state index contributed by atoms with van der Waals surface area (Å²) in [5.41, 5.74) is 5.29. The van der Waals surface area contributed by atoms with E-state index in [1.165, 1.54) is 30.4 Å². The molecule has 1 aliphatic heterocycles. The third-order valence-electron chi connectivity index (χ3n) is 3.93. The van der Waals surface area contributed by atoms with E-state index in [0.717, 1.165) is 36.3 Å². The molecule has 0 aliphatic carbocycles. The Hall–Kier alpha value is -2.16. The van der Waals surface area contributed by atoms with E-state index in [0.29, 0.717) is 0 Å². The maximum absolute atomic E-state index is 4.58. The number of nitrogens with zero attached hydrogens (tertiary/aromatic N) is 2. The van der Waals surface area contributed by atoms with Gasteiger partial charge >= 0.3 is 0 Å². The van der Waals surface area contributed by atoms with Gasteiger partial charge in [-0.3, -0.25) is 9.98 Å². The average molecular weight is 309 g/mol. The molecule has 3 nitrogen and oxygen atoms in total. The molecule has 0 spiro atoms. The smallest absolute Gasteiger partial charge is 0.0659 e. The molecule has 1 N–H and O–H groups in total. The zero-order valence-corrected chi connectivity index (χ0v) is 14.3. The second kappa shape index (κ2) is 9.09. The molecular weight excluding hydrogens is 282 g/mol. The van der Waals surface area contributed by atoms with Crippen LogP contribution in [0.3, 0.4) is 0 Å². The van der Waals surface area contributed by atoms with Gasteiger partial charge in [0.2, 0.25) is 0 Å². The quantitative estimate of drug-likeness (QED) is 0.809. The molecule has 1 aliphatic rings. The molecular formula is C20H27N3. The van der Waals surface area contributed by atoms with Crippen LogP contribution < -0.4 is 5.32 Å². The third-order valence-corrected chi connectivity index (χ3v) is 3.93. The maximum atomic E-state index is 4.58. The van der Waals surface area contributed by atoms with E-state index < -0.39 is 0 Å². The van der Waals surface area contributed by atoms with Gasteiger partial charge in [-0.05, 0) is 43.9 Å². The van der Waals surface area contributed by atoms with Crippen molar-refractivity contribution >= 4 is 18.1 Å². The summed E-state index contributed by atoms with van der Waals surface area (Å²) >= 11 is 0. The van der Waals surface area contributed by atoms with Crippen molar-refractivity contribution in [3.8, 4) is 0 Å². The molecule has 23 heavy (non-hydrogen) atoms.